The highest BCUT2D eigenvalue weighted by molar-refractivity contribution is 6.04. The Balaban J connectivity index is 1.75. The number of ether oxygens (including phenoxy) is 1. The molecule has 0 saturated heterocycles. The number of phenolic OH excluding ortho intramolecular Hbond substituents is 6. The normalized spacial score (nSPS) is 11.8. The Morgan fingerprint density at radius 1 is 0.694 bits per heavy atom. The third kappa shape index (κ3) is 4.73. The van der Waals surface area contributed by atoms with Crippen molar-refractivity contribution in [2.24, 2.45) is 0 Å². The highest BCUT2D eigenvalue weighted by Gasteiger charge is 2.25. The van der Waals surface area contributed by atoms with E-state index in [1.165, 1.54) is 54.6 Å². The molecule has 1 atom stereocenters. The number of aliphatic carboxylic acids is 1. The fourth-order valence-electron chi connectivity index (χ4n) is 3.72. The zero-order valence-electron chi connectivity index (χ0n) is 18.4. The maximum Gasteiger partial charge on any atom is 0.345 e. The quantitative estimate of drug-likeness (QED) is 0.155. The summed E-state index contributed by atoms with van der Waals surface area (Å²) in [6.07, 6.45) is -1.93. The molecule has 0 heterocycles. The van der Waals surface area contributed by atoms with E-state index in [0.717, 1.165) is 6.07 Å². The van der Waals surface area contributed by atoms with Crippen LogP contribution in [0, 0.1) is 0 Å². The fourth-order valence-corrected chi connectivity index (χ4v) is 3.72. The van der Waals surface area contributed by atoms with Crippen molar-refractivity contribution in [3.8, 4) is 45.6 Å². The molecule has 4 rings (SSSR count). The van der Waals surface area contributed by atoms with Gasteiger partial charge >= 0.3 is 11.9 Å². The lowest BCUT2D eigenvalue weighted by atomic mass is 9.94. The minimum absolute atomic E-state index is 0.0880. The molecule has 4 aromatic rings. The van der Waals surface area contributed by atoms with E-state index in [-0.39, 0.29) is 23.5 Å². The molecule has 36 heavy (non-hydrogen) atoms. The van der Waals surface area contributed by atoms with Gasteiger partial charge in [-0.3, -0.25) is 0 Å². The number of carbonyl (C=O) groups is 2. The van der Waals surface area contributed by atoms with Gasteiger partial charge in [0.05, 0.1) is 5.56 Å². The van der Waals surface area contributed by atoms with Crippen LogP contribution in [0.2, 0.25) is 0 Å². The second-order valence-electron chi connectivity index (χ2n) is 8.05. The van der Waals surface area contributed by atoms with Crippen LogP contribution in [0.1, 0.15) is 15.9 Å². The molecule has 0 bridgehead atoms. The van der Waals surface area contributed by atoms with Crippen molar-refractivity contribution in [3.05, 3.63) is 71.8 Å². The van der Waals surface area contributed by atoms with E-state index >= 15 is 0 Å². The van der Waals surface area contributed by atoms with Crippen LogP contribution < -0.4 is 0 Å². The van der Waals surface area contributed by atoms with Gasteiger partial charge in [0.25, 0.3) is 0 Å². The second kappa shape index (κ2) is 9.26. The Hall–Kier alpha value is -5.12. The SMILES string of the molecule is O=C(O[C@H](Cc1ccc(O)c(O)c1)C(=O)O)c1cc(-c2ccc(O)c(O)c2)c2cc(O)c(O)cc2c1. The number of hydrogen-bond acceptors (Lipinski definition) is 9. The van der Waals surface area contributed by atoms with Gasteiger partial charge in [-0.25, -0.2) is 9.59 Å². The second-order valence-corrected chi connectivity index (χ2v) is 8.05. The zero-order valence-corrected chi connectivity index (χ0v) is 18.4. The Morgan fingerprint density at radius 3 is 1.94 bits per heavy atom. The van der Waals surface area contributed by atoms with Crippen molar-refractivity contribution >= 4 is 22.7 Å². The average Bonchev–Trinajstić information content (AvgIpc) is 2.82. The minimum Gasteiger partial charge on any atom is -0.504 e. The number of benzene rings is 4. The van der Waals surface area contributed by atoms with Crippen LogP contribution >= 0.6 is 0 Å². The first kappa shape index (κ1) is 24.0. The van der Waals surface area contributed by atoms with Crippen molar-refractivity contribution in [2.75, 3.05) is 0 Å². The van der Waals surface area contributed by atoms with E-state index in [4.69, 9.17) is 4.74 Å². The molecule has 0 aliphatic heterocycles. The molecule has 10 heteroatoms. The third-order valence-corrected chi connectivity index (χ3v) is 5.56. The van der Waals surface area contributed by atoms with Crippen LogP contribution in [0.5, 0.6) is 34.5 Å². The lowest BCUT2D eigenvalue weighted by Gasteiger charge is -2.16. The van der Waals surface area contributed by atoms with Gasteiger partial charge in [0.15, 0.2) is 34.5 Å². The van der Waals surface area contributed by atoms with Crippen molar-refractivity contribution < 1.29 is 50.1 Å². The molecule has 184 valence electrons. The molecular formula is C26H20O10. The Kier molecular flexibility index (Phi) is 6.18. The van der Waals surface area contributed by atoms with Crippen LogP contribution in [0.15, 0.2) is 60.7 Å². The fraction of sp³-hybridized carbons (Fsp3) is 0.0769. The van der Waals surface area contributed by atoms with E-state index in [2.05, 4.69) is 0 Å². The van der Waals surface area contributed by atoms with Crippen LogP contribution in [-0.4, -0.2) is 53.8 Å². The number of phenols is 6. The highest BCUT2D eigenvalue weighted by atomic mass is 16.6. The van der Waals surface area contributed by atoms with Gasteiger partial charge < -0.3 is 40.5 Å². The van der Waals surface area contributed by atoms with E-state index in [0.29, 0.717) is 27.5 Å². The summed E-state index contributed by atoms with van der Waals surface area (Å²) in [6, 6.07) is 12.8. The topological polar surface area (TPSA) is 185 Å². The molecule has 0 aromatic heterocycles. The van der Waals surface area contributed by atoms with E-state index in [1.807, 2.05) is 0 Å². The third-order valence-electron chi connectivity index (χ3n) is 5.56. The largest absolute Gasteiger partial charge is 0.504 e. The van der Waals surface area contributed by atoms with Gasteiger partial charge in [0, 0.05) is 6.42 Å². The monoisotopic (exact) mass is 492 g/mol. The van der Waals surface area contributed by atoms with Crippen molar-refractivity contribution in [2.45, 2.75) is 12.5 Å². The van der Waals surface area contributed by atoms with Gasteiger partial charge in [-0.15, -0.1) is 0 Å². The first-order valence-corrected chi connectivity index (χ1v) is 10.5. The summed E-state index contributed by atoms with van der Waals surface area (Å²) in [5, 5.41) is 68.9. The number of esters is 1. The Morgan fingerprint density at radius 2 is 1.31 bits per heavy atom. The molecular weight excluding hydrogens is 472 g/mol. The molecule has 0 unspecified atom stereocenters. The predicted molar refractivity (Wildman–Crippen MR) is 126 cm³/mol. The van der Waals surface area contributed by atoms with E-state index in [9.17, 15) is 45.3 Å². The van der Waals surface area contributed by atoms with Gasteiger partial charge in [0.1, 0.15) is 0 Å². The molecule has 0 aliphatic carbocycles. The molecule has 0 spiro atoms. The van der Waals surface area contributed by atoms with Gasteiger partial charge in [-0.2, -0.15) is 0 Å². The maximum atomic E-state index is 13.0. The van der Waals surface area contributed by atoms with E-state index in [1.54, 1.807) is 0 Å². The molecule has 0 saturated carbocycles. The summed E-state index contributed by atoms with van der Waals surface area (Å²) in [6.45, 7) is 0. The summed E-state index contributed by atoms with van der Waals surface area (Å²) < 4.78 is 5.22. The molecule has 7 N–H and O–H groups in total. The van der Waals surface area contributed by atoms with Crippen LogP contribution in [0.4, 0.5) is 0 Å². The number of rotatable bonds is 6. The number of hydrogen-bond donors (Lipinski definition) is 7. The Labute approximate surface area is 203 Å². The summed E-state index contributed by atoms with van der Waals surface area (Å²) in [5.41, 5.74) is 0.879. The number of carboxylic acids is 1. The smallest absolute Gasteiger partial charge is 0.345 e. The van der Waals surface area contributed by atoms with Gasteiger partial charge in [-0.05, 0) is 76.0 Å². The van der Waals surface area contributed by atoms with Gasteiger partial charge in [-0.1, -0.05) is 12.1 Å². The molecule has 4 aromatic carbocycles. The number of carbonyl (C=O) groups excluding carboxylic acids is 1. The maximum absolute atomic E-state index is 13.0. The summed E-state index contributed by atoms with van der Waals surface area (Å²) in [4.78, 5) is 24.8. The minimum atomic E-state index is -1.63. The first-order valence-electron chi connectivity index (χ1n) is 10.5. The average molecular weight is 492 g/mol. The molecule has 0 aliphatic rings. The molecule has 0 amide bonds. The number of fused-ring (bicyclic) bond motifs is 1. The molecule has 0 fully saturated rings. The number of aromatic hydroxyl groups is 6. The lowest BCUT2D eigenvalue weighted by molar-refractivity contribution is -0.147. The van der Waals surface area contributed by atoms with Crippen molar-refractivity contribution in [1.29, 1.82) is 0 Å². The lowest BCUT2D eigenvalue weighted by Crippen LogP contribution is -2.29. The van der Waals surface area contributed by atoms with Crippen LogP contribution in [0.3, 0.4) is 0 Å². The van der Waals surface area contributed by atoms with Crippen LogP contribution in [-0.2, 0) is 16.0 Å². The first-order chi connectivity index (χ1) is 17.0. The summed E-state index contributed by atoms with van der Waals surface area (Å²) in [5.74, 6) is -4.98. The molecule has 10 nitrogen and oxygen atoms in total. The summed E-state index contributed by atoms with van der Waals surface area (Å²) >= 11 is 0. The van der Waals surface area contributed by atoms with Crippen LogP contribution in [0.25, 0.3) is 21.9 Å². The highest BCUT2D eigenvalue weighted by Crippen LogP contribution is 2.39. The van der Waals surface area contributed by atoms with Crippen molar-refractivity contribution in [3.63, 3.8) is 0 Å². The van der Waals surface area contributed by atoms with Gasteiger partial charge in [0.2, 0.25) is 6.10 Å². The van der Waals surface area contributed by atoms with Crippen molar-refractivity contribution in [1.82, 2.24) is 0 Å². The number of carboxylic acid groups (broad SMARTS) is 1. The van der Waals surface area contributed by atoms with E-state index < -0.39 is 41.0 Å². The Bertz CT molecular complexity index is 1510. The zero-order chi connectivity index (χ0) is 26.1. The standard InChI is InChI=1S/C26H20O10/c27-18-3-1-12(5-20(18)29)6-24(25(33)34)36-26(35)15-7-14-10-22(31)23(32)11-17(14)16(8-15)13-2-4-19(28)21(30)9-13/h1-5,7-11,24,27-32H,6H2,(H,33,34)/t24-/m1/s1. The predicted octanol–water partition coefficient (Wildman–Crippen LogP) is 3.59. The summed E-state index contributed by atoms with van der Waals surface area (Å²) in [7, 11) is 0. The molecule has 0 radical (unpaired) electrons.